The van der Waals surface area contributed by atoms with Crippen molar-refractivity contribution in [2.75, 3.05) is 26.8 Å². The van der Waals surface area contributed by atoms with Crippen molar-refractivity contribution in [3.8, 4) is 0 Å². The number of carboxylic acid groups (broad SMARTS) is 1. The Labute approximate surface area is 163 Å². The Balaban J connectivity index is 2.59. The molecule has 1 amide bonds. The highest BCUT2D eigenvalue weighted by atomic mass is 35.5. The van der Waals surface area contributed by atoms with Crippen LogP contribution in [0.2, 0.25) is 5.02 Å². The Morgan fingerprint density at radius 3 is 2.52 bits per heavy atom. The largest absolute Gasteiger partial charge is 0.469 e. The summed E-state index contributed by atoms with van der Waals surface area (Å²) in [5.74, 6) is -2.36. The van der Waals surface area contributed by atoms with Crippen molar-refractivity contribution in [1.29, 1.82) is 0 Å². The van der Waals surface area contributed by atoms with Crippen LogP contribution >= 0.6 is 11.6 Å². The zero-order chi connectivity index (χ0) is 20.1. The Hall–Kier alpha value is -2.28. The van der Waals surface area contributed by atoms with Crippen molar-refractivity contribution in [2.24, 2.45) is 5.92 Å². The highest BCUT2D eigenvalue weighted by molar-refractivity contribution is 6.33. The molecular weight excluding hydrogens is 374 g/mol. The second-order valence-corrected chi connectivity index (χ2v) is 6.84. The van der Waals surface area contributed by atoms with E-state index in [0.29, 0.717) is 5.56 Å². The number of carbonyl (C=O) groups excluding carboxylic acids is 2. The molecule has 8 heteroatoms. The minimum absolute atomic E-state index is 0.00453. The molecule has 2 unspecified atom stereocenters. The molecule has 1 N–H and O–H groups in total. The zero-order valence-corrected chi connectivity index (χ0v) is 16.4. The molecule has 1 aliphatic rings. The van der Waals surface area contributed by atoms with Crippen LogP contribution in [0.4, 0.5) is 4.79 Å². The average molecular weight is 398 g/mol. The first-order chi connectivity index (χ1) is 12.8. The number of halogens is 1. The summed E-state index contributed by atoms with van der Waals surface area (Å²) in [6, 6.07) is 3.55. The second kappa shape index (κ2) is 9.08. The molecule has 0 radical (unpaired) electrons. The molecule has 1 aliphatic heterocycles. The van der Waals surface area contributed by atoms with Gasteiger partial charge in [0.1, 0.15) is 0 Å². The Bertz CT molecular complexity index is 735. The molecule has 1 aromatic rings. The van der Waals surface area contributed by atoms with Crippen LogP contribution in [0, 0.1) is 5.92 Å². The van der Waals surface area contributed by atoms with Crippen molar-refractivity contribution in [2.45, 2.75) is 32.6 Å². The fourth-order valence-electron chi connectivity index (χ4n) is 3.50. The SMILES string of the molecule is CCCc1cc(Cl)c(C(=O)OCC)c(C2CN(C(=O)O)CC2C(=O)OC)c1. The predicted octanol–water partition coefficient (Wildman–Crippen LogP) is 3.34. The monoisotopic (exact) mass is 397 g/mol. The smallest absolute Gasteiger partial charge is 0.407 e. The Morgan fingerprint density at radius 1 is 1.26 bits per heavy atom. The molecule has 1 aromatic carbocycles. The van der Waals surface area contributed by atoms with Gasteiger partial charge in [-0.1, -0.05) is 31.0 Å². The predicted molar refractivity (Wildman–Crippen MR) is 99.2 cm³/mol. The van der Waals surface area contributed by atoms with Crippen molar-refractivity contribution in [3.63, 3.8) is 0 Å². The van der Waals surface area contributed by atoms with Gasteiger partial charge in [-0.3, -0.25) is 4.79 Å². The number of amides is 1. The summed E-state index contributed by atoms with van der Waals surface area (Å²) < 4.78 is 10.00. The highest BCUT2D eigenvalue weighted by Crippen LogP contribution is 2.38. The number of methoxy groups -OCH3 is 1. The Morgan fingerprint density at radius 2 is 1.96 bits per heavy atom. The van der Waals surface area contributed by atoms with Crippen LogP contribution in [0.5, 0.6) is 0 Å². The van der Waals surface area contributed by atoms with Crippen molar-refractivity contribution in [3.05, 3.63) is 33.8 Å². The van der Waals surface area contributed by atoms with Crippen LogP contribution in [0.1, 0.15) is 47.7 Å². The number of hydrogen-bond acceptors (Lipinski definition) is 5. The van der Waals surface area contributed by atoms with E-state index in [1.54, 1.807) is 13.0 Å². The number of rotatable bonds is 6. The summed E-state index contributed by atoms with van der Waals surface area (Å²) in [6.45, 7) is 3.97. The van der Waals surface area contributed by atoms with Crippen LogP contribution in [0.3, 0.4) is 0 Å². The molecule has 2 atom stereocenters. The van der Waals surface area contributed by atoms with E-state index in [2.05, 4.69) is 0 Å². The molecule has 2 rings (SSSR count). The molecular formula is C19H24ClNO6. The fourth-order valence-corrected chi connectivity index (χ4v) is 3.82. The second-order valence-electron chi connectivity index (χ2n) is 6.44. The number of hydrogen-bond donors (Lipinski definition) is 1. The van der Waals surface area contributed by atoms with Crippen LogP contribution in [-0.4, -0.2) is 54.8 Å². The van der Waals surface area contributed by atoms with Gasteiger partial charge in [0.15, 0.2) is 0 Å². The third-order valence-corrected chi connectivity index (χ3v) is 4.99. The van der Waals surface area contributed by atoms with Crippen LogP contribution in [0.15, 0.2) is 12.1 Å². The van der Waals surface area contributed by atoms with Gasteiger partial charge in [0, 0.05) is 19.0 Å². The zero-order valence-electron chi connectivity index (χ0n) is 15.7. The molecule has 0 spiro atoms. The van der Waals surface area contributed by atoms with Crippen LogP contribution < -0.4 is 0 Å². The van der Waals surface area contributed by atoms with E-state index in [1.165, 1.54) is 7.11 Å². The van der Waals surface area contributed by atoms with E-state index in [9.17, 15) is 19.5 Å². The lowest BCUT2D eigenvalue weighted by Gasteiger charge is -2.21. The first kappa shape index (κ1) is 21.0. The number of nitrogens with zero attached hydrogens (tertiary/aromatic N) is 1. The minimum atomic E-state index is -1.13. The maximum atomic E-state index is 12.5. The van der Waals surface area contributed by atoms with Gasteiger partial charge in [0.25, 0.3) is 0 Å². The summed E-state index contributed by atoms with van der Waals surface area (Å²) in [5.41, 5.74) is 1.64. The average Bonchev–Trinajstić information content (AvgIpc) is 3.06. The lowest BCUT2D eigenvalue weighted by molar-refractivity contribution is -0.145. The van der Waals surface area contributed by atoms with Crippen molar-refractivity contribution in [1.82, 2.24) is 4.90 Å². The van der Waals surface area contributed by atoms with E-state index in [-0.39, 0.29) is 30.3 Å². The molecule has 27 heavy (non-hydrogen) atoms. The number of aryl methyl sites for hydroxylation is 1. The molecule has 0 aromatic heterocycles. The molecule has 7 nitrogen and oxygen atoms in total. The summed E-state index contributed by atoms with van der Waals surface area (Å²) in [4.78, 5) is 37.4. The van der Waals surface area contributed by atoms with Gasteiger partial charge in [-0.2, -0.15) is 0 Å². The molecule has 1 heterocycles. The third kappa shape index (κ3) is 4.53. The molecule has 0 saturated carbocycles. The minimum Gasteiger partial charge on any atom is -0.469 e. The number of benzene rings is 1. The maximum Gasteiger partial charge on any atom is 0.407 e. The van der Waals surface area contributed by atoms with Gasteiger partial charge in [-0.25, -0.2) is 9.59 Å². The lowest BCUT2D eigenvalue weighted by atomic mass is 9.84. The van der Waals surface area contributed by atoms with Crippen molar-refractivity contribution < 1.29 is 29.0 Å². The first-order valence-electron chi connectivity index (χ1n) is 8.89. The van der Waals surface area contributed by atoms with E-state index in [1.807, 2.05) is 13.0 Å². The standard InChI is InChI=1S/C19H24ClNO6/c1-4-6-11-7-12(16(15(20)8-11)18(23)27-5-2)13-9-21(19(24)25)10-14(13)17(22)26-3/h7-8,13-14H,4-6,9-10H2,1-3H3,(H,24,25). The lowest BCUT2D eigenvalue weighted by Crippen LogP contribution is -2.28. The quantitative estimate of drug-likeness (QED) is 0.740. The van der Waals surface area contributed by atoms with E-state index >= 15 is 0 Å². The molecule has 148 valence electrons. The van der Waals surface area contributed by atoms with E-state index in [0.717, 1.165) is 23.3 Å². The van der Waals surface area contributed by atoms with E-state index < -0.39 is 29.9 Å². The van der Waals surface area contributed by atoms with Gasteiger partial charge in [-0.05, 0) is 30.5 Å². The normalized spacial score (nSPS) is 19.0. The molecule has 1 saturated heterocycles. The summed E-state index contributed by atoms with van der Waals surface area (Å²) in [5, 5.41) is 9.60. The van der Waals surface area contributed by atoms with Crippen LogP contribution in [-0.2, 0) is 20.7 Å². The molecule has 1 fully saturated rings. The van der Waals surface area contributed by atoms with Crippen LogP contribution in [0.25, 0.3) is 0 Å². The van der Waals surface area contributed by atoms with Gasteiger partial charge < -0.3 is 19.5 Å². The van der Waals surface area contributed by atoms with E-state index in [4.69, 9.17) is 21.1 Å². The van der Waals surface area contributed by atoms with Crippen molar-refractivity contribution >= 4 is 29.6 Å². The van der Waals surface area contributed by atoms with Gasteiger partial charge in [-0.15, -0.1) is 0 Å². The van der Waals surface area contributed by atoms with Gasteiger partial charge in [0.05, 0.1) is 30.2 Å². The molecule has 0 bridgehead atoms. The maximum absolute atomic E-state index is 12.5. The number of ether oxygens (including phenoxy) is 2. The topological polar surface area (TPSA) is 93.1 Å². The Kier molecular flexibility index (Phi) is 7.07. The third-order valence-electron chi connectivity index (χ3n) is 4.69. The number of esters is 2. The fraction of sp³-hybridized carbons (Fsp3) is 0.526. The van der Waals surface area contributed by atoms with Gasteiger partial charge >= 0.3 is 18.0 Å². The highest BCUT2D eigenvalue weighted by Gasteiger charge is 2.43. The molecule has 0 aliphatic carbocycles. The van der Waals surface area contributed by atoms with Gasteiger partial charge in [0.2, 0.25) is 0 Å². The summed E-state index contributed by atoms with van der Waals surface area (Å²) in [6.07, 6.45) is 0.495. The summed E-state index contributed by atoms with van der Waals surface area (Å²) in [7, 11) is 1.26. The summed E-state index contributed by atoms with van der Waals surface area (Å²) >= 11 is 6.39. The first-order valence-corrected chi connectivity index (χ1v) is 9.26. The number of likely N-dealkylation sites (tertiary alicyclic amines) is 1. The number of carbonyl (C=O) groups is 3.